The maximum absolute atomic E-state index is 10.3. The van der Waals surface area contributed by atoms with E-state index in [0.29, 0.717) is 12.0 Å². The molecule has 1 atom stereocenters. The van der Waals surface area contributed by atoms with E-state index in [1.165, 1.54) is 0 Å². The first-order valence-electron chi connectivity index (χ1n) is 8.46. The lowest BCUT2D eigenvalue weighted by Gasteiger charge is -2.15. The Morgan fingerprint density at radius 2 is 1.80 bits per heavy atom. The second-order valence-corrected chi connectivity index (χ2v) is 6.39. The SMILES string of the molecule is C=C(C)/C(=C/CO)C(O)CC/C(C)=C/c1ccc(O)c2ccccc12. The summed E-state index contributed by atoms with van der Waals surface area (Å²) in [5, 5.41) is 31.2. The van der Waals surface area contributed by atoms with Gasteiger partial charge in [0.2, 0.25) is 0 Å². The van der Waals surface area contributed by atoms with Gasteiger partial charge in [0.1, 0.15) is 5.75 Å². The molecular formula is C22H26O3. The topological polar surface area (TPSA) is 60.7 Å². The molecule has 0 fully saturated rings. The predicted molar refractivity (Wildman–Crippen MR) is 104 cm³/mol. The number of aromatic hydroxyl groups is 1. The summed E-state index contributed by atoms with van der Waals surface area (Å²) in [6.45, 7) is 7.61. The Morgan fingerprint density at radius 3 is 2.44 bits per heavy atom. The van der Waals surface area contributed by atoms with Crippen LogP contribution in [0.25, 0.3) is 16.8 Å². The molecule has 2 aromatic rings. The summed E-state index contributed by atoms with van der Waals surface area (Å²) in [7, 11) is 0. The molecule has 2 rings (SSSR count). The van der Waals surface area contributed by atoms with Crippen molar-refractivity contribution in [3.63, 3.8) is 0 Å². The van der Waals surface area contributed by atoms with Crippen LogP contribution in [0, 0.1) is 0 Å². The molecule has 0 spiro atoms. The van der Waals surface area contributed by atoms with Gasteiger partial charge in [0.15, 0.2) is 0 Å². The van der Waals surface area contributed by atoms with E-state index >= 15 is 0 Å². The van der Waals surface area contributed by atoms with Crippen LogP contribution in [-0.4, -0.2) is 28.0 Å². The first-order chi connectivity index (χ1) is 11.9. The van der Waals surface area contributed by atoms with Gasteiger partial charge < -0.3 is 15.3 Å². The molecule has 3 N–H and O–H groups in total. The number of hydrogen-bond acceptors (Lipinski definition) is 3. The van der Waals surface area contributed by atoms with Gasteiger partial charge in [0.25, 0.3) is 0 Å². The average molecular weight is 338 g/mol. The molecule has 132 valence electrons. The molecule has 1 unspecified atom stereocenters. The minimum Gasteiger partial charge on any atom is -0.507 e. The number of allylic oxidation sites excluding steroid dienone is 1. The van der Waals surface area contributed by atoms with E-state index in [0.717, 1.165) is 33.9 Å². The van der Waals surface area contributed by atoms with Gasteiger partial charge in [0, 0.05) is 5.39 Å². The van der Waals surface area contributed by atoms with Crippen LogP contribution in [0.15, 0.2) is 65.8 Å². The van der Waals surface area contributed by atoms with Crippen molar-refractivity contribution < 1.29 is 15.3 Å². The Balaban J connectivity index is 2.16. The molecule has 0 bridgehead atoms. The standard InChI is InChI=1S/C22H26O3/c1-15(2)18(12-13-23)21(24)10-8-16(3)14-17-9-11-22(25)20-7-5-4-6-19(17)20/h4-7,9,11-12,14,21,23-25H,1,8,10,13H2,2-3H3/b16-14+,18-12-. The molecule has 0 radical (unpaired) electrons. The molecule has 0 aliphatic rings. The lowest BCUT2D eigenvalue weighted by Crippen LogP contribution is -2.12. The van der Waals surface area contributed by atoms with Crippen molar-refractivity contribution in [2.24, 2.45) is 0 Å². The van der Waals surface area contributed by atoms with E-state index in [2.05, 4.69) is 12.7 Å². The van der Waals surface area contributed by atoms with Gasteiger partial charge in [-0.25, -0.2) is 0 Å². The highest BCUT2D eigenvalue weighted by molar-refractivity contribution is 5.94. The summed E-state index contributed by atoms with van der Waals surface area (Å²) in [6, 6.07) is 11.4. The zero-order valence-electron chi connectivity index (χ0n) is 14.9. The molecule has 3 heteroatoms. The monoisotopic (exact) mass is 338 g/mol. The van der Waals surface area contributed by atoms with Crippen molar-refractivity contribution in [1.29, 1.82) is 0 Å². The Kier molecular flexibility index (Phi) is 6.57. The van der Waals surface area contributed by atoms with Crippen LogP contribution in [-0.2, 0) is 0 Å². The van der Waals surface area contributed by atoms with Crippen molar-refractivity contribution >= 4 is 16.8 Å². The number of phenols is 1. The Labute approximate surface area is 149 Å². The fourth-order valence-electron chi connectivity index (χ4n) is 2.98. The summed E-state index contributed by atoms with van der Waals surface area (Å²) in [5.41, 5.74) is 3.66. The zero-order valence-corrected chi connectivity index (χ0v) is 14.9. The highest BCUT2D eigenvalue weighted by atomic mass is 16.3. The zero-order chi connectivity index (χ0) is 18.4. The summed E-state index contributed by atoms with van der Waals surface area (Å²) in [6.07, 6.45) is 4.36. The smallest absolute Gasteiger partial charge is 0.123 e. The third-order valence-corrected chi connectivity index (χ3v) is 4.31. The lowest BCUT2D eigenvalue weighted by molar-refractivity contribution is 0.201. The molecule has 0 aliphatic heterocycles. The van der Waals surface area contributed by atoms with Crippen LogP contribution >= 0.6 is 0 Å². The first-order valence-corrected chi connectivity index (χ1v) is 8.46. The summed E-state index contributed by atoms with van der Waals surface area (Å²) < 4.78 is 0. The molecule has 0 heterocycles. The van der Waals surface area contributed by atoms with E-state index in [-0.39, 0.29) is 12.4 Å². The predicted octanol–water partition coefficient (Wildman–Crippen LogP) is 4.58. The van der Waals surface area contributed by atoms with E-state index in [1.54, 1.807) is 12.1 Å². The molecular weight excluding hydrogens is 312 g/mol. The van der Waals surface area contributed by atoms with E-state index in [4.69, 9.17) is 5.11 Å². The molecule has 2 aromatic carbocycles. The number of rotatable bonds is 7. The van der Waals surface area contributed by atoms with Gasteiger partial charge in [-0.15, -0.1) is 0 Å². The second-order valence-electron chi connectivity index (χ2n) is 6.39. The highest BCUT2D eigenvalue weighted by Gasteiger charge is 2.11. The number of aliphatic hydroxyl groups is 2. The quantitative estimate of drug-likeness (QED) is 0.647. The molecule has 0 amide bonds. The number of fused-ring (bicyclic) bond motifs is 1. The number of aliphatic hydroxyl groups excluding tert-OH is 2. The molecule has 0 saturated heterocycles. The largest absolute Gasteiger partial charge is 0.507 e. The molecule has 0 saturated carbocycles. The number of benzene rings is 2. The van der Waals surface area contributed by atoms with E-state index in [9.17, 15) is 10.2 Å². The summed E-state index contributed by atoms with van der Waals surface area (Å²) in [4.78, 5) is 0. The summed E-state index contributed by atoms with van der Waals surface area (Å²) in [5.74, 6) is 0.279. The Morgan fingerprint density at radius 1 is 1.12 bits per heavy atom. The van der Waals surface area contributed by atoms with Crippen LogP contribution in [0.5, 0.6) is 5.75 Å². The maximum Gasteiger partial charge on any atom is 0.123 e. The van der Waals surface area contributed by atoms with Crippen molar-refractivity contribution in [3.05, 3.63) is 71.3 Å². The third-order valence-electron chi connectivity index (χ3n) is 4.31. The van der Waals surface area contributed by atoms with Gasteiger partial charge in [0.05, 0.1) is 12.7 Å². The fraction of sp³-hybridized carbons (Fsp3) is 0.273. The van der Waals surface area contributed by atoms with Gasteiger partial charge >= 0.3 is 0 Å². The molecule has 0 aromatic heterocycles. The van der Waals surface area contributed by atoms with Gasteiger partial charge in [-0.2, -0.15) is 0 Å². The van der Waals surface area contributed by atoms with Crippen LogP contribution < -0.4 is 0 Å². The molecule has 3 nitrogen and oxygen atoms in total. The Bertz CT molecular complexity index is 815. The molecule has 0 aliphatic carbocycles. The van der Waals surface area contributed by atoms with E-state index in [1.807, 2.05) is 44.2 Å². The van der Waals surface area contributed by atoms with Crippen molar-refractivity contribution in [2.75, 3.05) is 6.61 Å². The normalized spacial score (nSPS) is 13.9. The minimum atomic E-state index is -0.635. The second kappa shape index (κ2) is 8.65. The average Bonchev–Trinajstić information content (AvgIpc) is 2.60. The highest BCUT2D eigenvalue weighted by Crippen LogP contribution is 2.29. The van der Waals surface area contributed by atoms with Crippen molar-refractivity contribution in [2.45, 2.75) is 32.8 Å². The maximum atomic E-state index is 10.3. The van der Waals surface area contributed by atoms with Crippen LogP contribution in [0.2, 0.25) is 0 Å². The lowest BCUT2D eigenvalue weighted by atomic mass is 9.96. The molecule has 25 heavy (non-hydrogen) atoms. The fourth-order valence-corrected chi connectivity index (χ4v) is 2.98. The van der Waals surface area contributed by atoms with Crippen molar-refractivity contribution in [3.8, 4) is 5.75 Å². The van der Waals surface area contributed by atoms with E-state index < -0.39 is 6.10 Å². The number of phenolic OH excluding ortho intramolecular Hbond substituents is 1. The summed E-state index contributed by atoms with van der Waals surface area (Å²) >= 11 is 0. The minimum absolute atomic E-state index is 0.104. The van der Waals surface area contributed by atoms with Crippen LogP contribution in [0.4, 0.5) is 0 Å². The number of hydrogen-bond donors (Lipinski definition) is 3. The Hall–Kier alpha value is -2.36. The van der Waals surface area contributed by atoms with Gasteiger partial charge in [-0.05, 0) is 49.3 Å². The van der Waals surface area contributed by atoms with Crippen LogP contribution in [0.1, 0.15) is 32.3 Å². The van der Waals surface area contributed by atoms with Gasteiger partial charge in [-0.3, -0.25) is 0 Å². The van der Waals surface area contributed by atoms with Gasteiger partial charge in [-0.1, -0.05) is 60.2 Å². The van der Waals surface area contributed by atoms with Crippen LogP contribution in [0.3, 0.4) is 0 Å². The first kappa shape index (κ1) is 19.0. The third kappa shape index (κ3) is 4.81. The van der Waals surface area contributed by atoms with Crippen molar-refractivity contribution in [1.82, 2.24) is 0 Å².